The van der Waals surface area contributed by atoms with Crippen LogP contribution in [0.5, 0.6) is 0 Å². The van der Waals surface area contributed by atoms with E-state index in [1.165, 1.54) is 6.92 Å². The first-order valence-electron chi connectivity index (χ1n) is 7.06. The van der Waals surface area contributed by atoms with Crippen LogP contribution in [0, 0.1) is 5.92 Å². The molecular formula is C16H21NO4. The Labute approximate surface area is 124 Å². The van der Waals surface area contributed by atoms with E-state index in [1.807, 2.05) is 6.92 Å². The molecule has 0 bridgehead atoms. The number of carbonyl (C=O) groups excluding carboxylic acids is 3. The number of hydrogen-bond donors (Lipinski definition) is 1. The summed E-state index contributed by atoms with van der Waals surface area (Å²) in [5.74, 6) is -2.16. The van der Waals surface area contributed by atoms with E-state index in [9.17, 15) is 14.4 Å². The molecule has 0 saturated carbocycles. The largest absolute Gasteiger partial charge is 0.465 e. The molecule has 5 nitrogen and oxygen atoms in total. The maximum Gasteiger partial charge on any atom is 0.318 e. The average Bonchev–Trinajstić information content (AvgIpc) is 2.48. The summed E-state index contributed by atoms with van der Waals surface area (Å²) in [5.41, 5.74) is 0.485. The molecule has 0 aliphatic heterocycles. The SMILES string of the molecule is CCCCOC(=O)C(CNC(=O)c1ccccc1)C(C)=O. The number of ether oxygens (including phenoxy) is 1. The van der Waals surface area contributed by atoms with E-state index < -0.39 is 11.9 Å². The van der Waals surface area contributed by atoms with Crippen molar-refractivity contribution in [1.29, 1.82) is 0 Å². The number of ketones is 1. The molecule has 1 unspecified atom stereocenters. The molecule has 0 radical (unpaired) electrons. The van der Waals surface area contributed by atoms with Crippen molar-refractivity contribution in [3.63, 3.8) is 0 Å². The maximum absolute atomic E-state index is 11.9. The number of carbonyl (C=O) groups is 3. The minimum atomic E-state index is -0.950. The molecule has 0 saturated heterocycles. The fourth-order valence-electron chi connectivity index (χ4n) is 1.70. The van der Waals surface area contributed by atoms with E-state index in [4.69, 9.17) is 4.74 Å². The molecule has 114 valence electrons. The van der Waals surface area contributed by atoms with Crippen molar-refractivity contribution in [2.45, 2.75) is 26.7 Å². The van der Waals surface area contributed by atoms with Crippen LogP contribution in [0.4, 0.5) is 0 Å². The Morgan fingerprint density at radius 1 is 1.19 bits per heavy atom. The van der Waals surface area contributed by atoms with Gasteiger partial charge in [0, 0.05) is 12.1 Å². The van der Waals surface area contributed by atoms with Gasteiger partial charge in [-0.25, -0.2) is 0 Å². The van der Waals surface area contributed by atoms with Crippen LogP contribution in [0.3, 0.4) is 0 Å². The first kappa shape index (κ1) is 16.9. The summed E-state index contributed by atoms with van der Waals surface area (Å²) in [6.45, 7) is 3.55. The molecule has 0 spiro atoms. The van der Waals surface area contributed by atoms with Crippen LogP contribution in [0.1, 0.15) is 37.0 Å². The predicted molar refractivity (Wildman–Crippen MR) is 78.8 cm³/mol. The number of Topliss-reactive ketones (excluding diaryl/α,β-unsaturated/α-hetero) is 1. The first-order valence-corrected chi connectivity index (χ1v) is 7.06. The number of unbranched alkanes of at least 4 members (excludes halogenated alkanes) is 1. The monoisotopic (exact) mass is 291 g/mol. The van der Waals surface area contributed by atoms with Crippen LogP contribution in [0.2, 0.25) is 0 Å². The Bertz CT molecular complexity index is 484. The highest BCUT2D eigenvalue weighted by Crippen LogP contribution is 2.04. The van der Waals surface area contributed by atoms with E-state index in [2.05, 4.69) is 5.32 Å². The summed E-state index contributed by atoms with van der Waals surface area (Å²) < 4.78 is 5.03. The molecule has 0 aliphatic rings. The van der Waals surface area contributed by atoms with Crippen molar-refractivity contribution in [3.05, 3.63) is 35.9 Å². The van der Waals surface area contributed by atoms with Gasteiger partial charge in [-0.15, -0.1) is 0 Å². The van der Waals surface area contributed by atoms with Crippen LogP contribution in [0.15, 0.2) is 30.3 Å². The zero-order valence-electron chi connectivity index (χ0n) is 12.4. The molecule has 5 heteroatoms. The van der Waals surface area contributed by atoms with Gasteiger partial charge in [0.1, 0.15) is 11.7 Å². The molecule has 21 heavy (non-hydrogen) atoms. The number of nitrogens with one attached hydrogen (secondary N) is 1. The molecule has 1 amide bonds. The second-order valence-corrected chi connectivity index (χ2v) is 4.76. The normalized spacial score (nSPS) is 11.5. The van der Waals surface area contributed by atoms with E-state index in [-0.39, 0.29) is 18.2 Å². The van der Waals surface area contributed by atoms with E-state index in [0.717, 1.165) is 12.8 Å². The maximum atomic E-state index is 11.9. The van der Waals surface area contributed by atoms with Crippen LogP contribution in [-0.4, -0.2) is 30.8 Å². The fraction of sp³-hybridized carbons (Fsp3) is 0.438. The Kier molecular flexibility index (Phi) is 7.15. The van der Waals surface area contributed by atoms with E-state index >= 15 is 0 Å². The minimum absolute atomic E-state index is 0.0476. The van der Waals surface area contributed by atoms with Crippen LogP contribution < -0.4 is 5.32 Å². The molecule has 1 aromatic carbocycles. The third kappa shape index (κ3) is 5.77. The summed E-state index contributed by atoms with van der Waals surface area (Å²) in [5, 5.41) is 2.59. The average molecular weight is 291 g/mol. The summed E-state index contributed by atoms with van der Waals surface area (Å²) in [6, 6.07) is 8.63. The van der Waals surface area contributed by atoms with Crippen molar-refractivity contribution in [2.75, 3.05) is 13.2 Å². The van der Waals surface area contributed by atoms with Crippen molar-refractivity contribution in [2.24, 2.45) is 5.92 Å². The summed E-state index contributed by atoms with van der Waals surface area (Å²) in [4.78, 5) is 35.2. The zero-order valence-corrected chi connectivity index (χ0v) is 12.4. The summed E-state index contributed by atoms with van der Waals surface area (Å²) >= 11 is 0. The number of amides is 1. The first-order chi connectivity index (χ1) is 10.1. The Morgan fingerprint density at radius 3 is 2.43 bits per heavy atom. The second-order valence-electron chi connectivity index (χ2n) is 4.76. The van der Waals surface area contributed by atoms with Gasteiger partial charge < -0.3 is 10.1 Å². The number of rotatable bonds is 8. The molecule has 1 N–H and O–H groups in total. The highest BCUT2D eigenvalue weighted by Gasteiger charge is 2.25. The van der Waals surface area contributed by atoms with Crippen molar-refractivity contribution >= 4 is 17.7 Å². The Balaban J connectivity index is 2.53. The van der Waals surface area contributed by atoms with Crippen LogP contribution in [-0.2, 0) is 14.3 Å². The van der Waals surface area contributed by atoms with Gasteiger partial charge in [0.05, 0.1) is 6.61 Å². The summed E-state index contributed by atoms with van der Waals surface area (Å²) in [6.07, 6.45) is 1.66. The fourth-order valence-corrected chi connectivity index (χ4v) is 1.70. The Morgan fingerprint density at radius 2 is 1.86 bits per heavy atom. The van der Waals surface area contributed by atoms with E-state index in [1.54, 1.807) is 30.3 Å². The molecule has 1 aromatic rings. The van der Waals surface area contributed by atoms with Crippen LogP contribution >= 0.6 is 0 Å². The number of hydrogen-bond acceptors (Lipinski definition) is 4. The van der Waals surface area contributed by atoms with Gasteiger partial charge in [-0.3, -0.25) is 14.4 Å². The highest BCUT2D eigenvalue weighted by atomic mass is 16.5. The Hall–Kier alpha value is -2.17. The molecule has 1 rings (SSSR count). The van der Waals surface area contributed by atoms with Gasteiger partial charge in [-0.05, 0) is 25.5 Å². The van der Waals surface area contributed by atoms with Crippen LogP contribution in [0.25, 0.3) is 0 Å². The molecule has 1 atom stereocenters. The molecular weight excluding hydrogens is 270 g/mol. The quantitative estimate of drug-likeness (QED) is 0.451. The smallest absolute Gasteiger partial charge is 0.318 e. The third-order valence-corrected chi connectivity index (χ3v) is 3.02. The topological polar surface area (TPSA) is 72.5 Å². The standard InChI is InChI=1S/C16H21NO4/c1-3-4-10-21-16(20)14(12(2)18)11-17-15(19)13-8-6-5-7-9-13/h5-9,14H,3-4,10-11H2,1-2H3,(H,17,19). The van der Waals surface area contributed by atoms with Crippen molar-refractivity contribution in [1.82, 2.24) is 5.32 Å². The van der Waals surface area contributed by atoms with Gasteiger partial charge in [-0.1, -0.05) is 31.5 Å². The second kappa shape index (κ2) is 8.89. The molecule has 0 aromatic heterocycles. The lowest BCUT2D eigenvalue weighted by Crippen LogP contribution is -2.37. The van der Waals surface area contributed by atoms with Crippen molar-refractivity contribution < 1.29 is 19.1 Å². The van der Waals surface area contributed by atoms with Crippen molar-refractivity contribution in [3.8, 4) is 0 Å². The molecule has 0 fully saturated rings. The molecule has 0 aliphatic carbocycles. The van der Waals surface area contributed by atoms with Gasteiger partial charge in [0.2, 0.25) is 0 Å². The summed E-state index contributed by atoms with van der Waals surface area (Å²) in [7, 11) is 0. The van der Waals surface area contributed by atoms with Gasteiger partial charge in [-0.2, -0.15) is 0 Å². The highest BCUT2D eigenvalue weighted by molar-refractivity contribution is 5.99. The lowest BCUT2D eigenvalue weighted by molar-refractivity contribution is -0.151. The van der Waals surface area contributed by atoms with Gasteiger partial charge in [0.25, 0.3) is 5.91 Å². The minimum Gasteiger partial charge on any atom is -0.465 e. The van der Waals surface area contributed by atoms with E-state index in [0.29, 0.717) is 12.2 Å². The van der Waals surface area contributed by atoms with Gasteiger partial charge in [0.15, 0.2) is 0 Å². The molecule has 0 heterocycles. The third-order valence-electron chi connectivity index (χ3n) is 3.02. The zero-order chi connectivity index (χ0) is 15.7. The number of esters is 1. The lowest BCUT2D eigenvalue weighted by Gasteiger charge is -2.14. The van der Waals surface area contributed by atoms with Gasteiger partial charge >= 0.3 is 5.97 Å². The number of benzene rings is 1. The predicted octanol–water partition coefficient (Wildman–Crippen LogP) is 1.96. The lowest BCUT2D eigenvalue weighted by atomic mass is 10.1.